The quantitative estimate of drug-likeness (QED) is 0.710. The van der Waals surface area contributed by atoms with E-state index in [4.69, 9.17) is 5.73 Å². The van der Waals surface area contributed by atoms with Crippen LogP contribution in [0.3, 0.4) is 0 Å². The Labute approximate surface area is 87.9 Å². The Kier molecular flexibility index (Phi) is 3.97. The largest absolute Gasteiger partial charge is 0.360 e. The summed E-state index contributed by atoms with van der Waals surface area (Å²) in [6.07, 6.45) is 0. The third-order valence-electron chi connectivity index (χ3n) is 1.18. The number of primary amides is 1. The number of thiazole rings is 1. The van der Waals surface area contributed by atoms with Crippen LogP contribution in [0.5, 0.6) is 0 Å². The maximum atomic E-state index is 10.3. The Morgan fingerprint density at radius 3 is 3.00 bits per heavy atom. The predicted molar refractivity (Wildman–Crippen MR) is 55.9 cm³/mol. The molecule has 0 aliphatic carbocycles. The first kappa shape index (κ1) is 10.3. The van der Waals surface area contributed by atoms with Crippen LogP contribution in [0.2, 0.25) is 0 Å². The zero-order chi connectivity index (χ0) is 9.68. The van der Waals surface area contributed by atoms with E-state index in [1.807, 2.05) is 5.38 Å². The van der Waals surface area contributed by atoms with Crippen LogP contribution in [-0.2, 0) is 0 Å². The summed E-state index contributed by atoms with van der Waals surface area (Å²) in [5.41, 5.74) is 4.88. The van der Waals surface area contributed by atoms with E-state index in [0.29, 0.717) is 13.1 Å². The van der Waals surface area contributed by atoms with Gasteiger partial charge in [-0.05, 0) is 15.9 Å². The maximum absolute atomic E-state index is 10.3. The molecule has 0 saturated heterocycles. The summed E-state index contributed by atoms with van der Waals surface area (Å²) in [5, 5.41) is 8.19. The first-order valence-corrected chi connectivity index (χ1v) is 5.24. The summed E-state index contributed by atoms with van der Waals surface area (Å²) in [6.45, 7) is 1.11. The number of aromatic nitrogens is 1. The molecule has 5 nitrogen and oxygen atoms in total. The summed E-state index contributed by atoms with van der Waals surface area (Å²) >= 11 is 4.73. The number of carbonyl (C=O) groups is 1. The SMILES string of the molecule is NC(=O)NCCNc1nc(Br)cs1. The smallest absolute Gasteiger partial charge is 0.312 e. The van der Waals surface area contributed by atoms with E-state index >= 15 is 0 Å². The Morgan fingerprint density at radius 2 is 2.46 bits per heavy atom. The molecule has 0 atom stereocenters. The number of nitrogens with zero attached hydrogens (tertiary/aromatic N) is 1. The third kappa shape index (κ3) is 4.09. The van der Waals surface area contributed by atoms with Gasteiger partial charge in [-0.2, -0.15) is 0 Å². The van der Waals surface area contributed by atoms with Crippen LogP contribution in [0, 0.1) is 0 Å². The Bertz CT molecular complexity index is 290. The number of halogens is 1. The average molecular weight is 265 g/mol. The zero-order valence-electron chi connectivity index (χ0n) is 6.71. The van der Waals surface area contributed by atoms with Crippen molar-refractivity contribution >= 4 is 38.4 Å². The van der Waals surface area contributed by atoms with Crippen molar-refractivity contribution < 1.29 is 4.79 Å². The molecule has 0 saturated carbocycles. The zero-order valence-corrected chi connectivity index (χ0v) is 9.11. The summed E-state index contributed by atoms with van der Waals surface area (Å²) in [7, 11) is 0. The molecule has 1 heterocycles. The fourth-order valence-electron chi connectivity index (χ4n) is 0.690. The molecule has 4 N–H and O–H groups in total. The minimum Gasteiger partial charge on any atom is -0.360 e. The van der Waals surface area contributed by atoms with E-state index in [9.17, 15) is 4.79 Å². The molecule has 0 radical (unpaired) electrons. The van der Waals surface area contributed by atoms with Gasteiger partial charge in [0.25, 0.3) is 0 Å². The van der Waals surface area contributed by atoms with Crippen molar-refractivity contribution in [1.82, 2.24) is 10.3 Å². The monoisotopic (exact) mass is 264 g/mol. The highest BCUT2D eigenvalue weighted by molar-refractivity contribution is 9.10. The number of amides is 2. The highest BCUT2D eigenvalue weighted by atomic mass is 79.9. The van der Waals surface area contributed by atoms with Crippen molar-refractivity contribution in [3.63, 3.8) is 0 Å². The lowest BCUT2D eigenvalue weighted by atomic mass is 10.6. The van der Waals surface area contributed by atoms with Gasteiger partial charge >= 0.3 is 6.03 Å². The molecule has 13 heavy (non-hydrogen) atoms. The number of nitrogens with one attached hydrogen (secondary N) is 2. The molecule has 1 aromatic heterocycles. The first-order chi connectivity index (χ1) is 6.18. The van der Waals surface area contributed by atoms with Gasteiger partial charge in [-0.1, -0.05) is 0 Å². The van der Waals surface area contributed by atoms with Crippen molar-refractivity contribution in [3.8, 4) is 0 Å². The summed E-state index contributed by atoms with van der Waals surface area (Å²) in [6, 6.07) is -0.512. The fourth-order valence-corrected chi connectivity index (χ4v) is 1.86. The van der Waals surface area contributed by atoms with E-state index in [0.717, 1.165) is 9.73 Å². The van der Waals surface area contributed by atoms with Gasteiger partial charge in [-0.15, -0.1) is 11.3 Å². The van der Waals surface area contributed by atoms with Crippen LogP contribution >= 0.6 is 27.3 Å². The Balaban J connectivity index is 2.16. The number of carbonyl (C=O) groups excluding carboxylic acids is 1. The Hall–Kier alpha value is -0.820. The molecule has 1 rings (SSSR count). The Morgan fingerprint density at radius 1 is 1.69 bits per heavy atom. The molecule has 0 unspecified atom stereocenters. The van der Waals surface area contributed by atoms with E-state index in [2.05, 4.69) is 31.5 Å². The van der Waals surface area contributed by atoms with E-state index in [1.54, 1.807) is 0 Å². The van der Waals surface area contributed by atoms with E-state index < -0.39 is 6.03 Å². The lowest BCUT2D eigenvalue weighted by Crippen LogP contribution is -2.33. The highest BCUT2D eigenvalue weighted by Crippen LogP contribution is 2.18. The van der Waals surface area contributed by atoms with Gasteiger partial charge in [0, 0.05) is 18.5 Å². The van der Waals surface area contributed by atoms with Gasteiger partial charge in [0.1, 0.15) is 4.60 Å². The molecule has 0 spiro atoms. The van der Waals surface area contributed by atoms with Crippen molar-refractivity contribution in [2.75, 3.05) is 18.4 Å². The molecule has 72 valence electrons. The maximum Gasteiger partial charge on any atom is 0.312 e. The topological polar surface area (TPSA) is 80.0 Å². The number of nitrogens with two attached hydrogens (primary N) is 1. The summed E-state index contributed by atoms with van der Waals surface area (Å²) < 4.78 is 0.808. The van der Waals surface area contributed by atoms with Gasteiger partial charge in [0.2, 0.25) is 0 Å². The normalized spacial score (nSPS) is 9.62. The minimum atomic E-state index is -0.512. The third-order valence-corrected chi connectivity index (χ3v) is 2.69. The van der Waals surface area contributed by atoms with Crippen LogP contribution in [0.25, 0.3) is 0 Å². The lowest BCUT2D eigenvalue weighted by Gasteiger charge is -2.01. The van der Waals surface area contributed by atoms with E-state index in [1.165, 1.54) is 11.3 Å². The summed E-state index contributed by atoms with van der Waals surface area (Å²) in [5.74, 6) is 0. The molecule has 0 aliphatic rings. The molecule has 0 aromatic carbocycles. The van der Waals surface area contributed by atoms with Gasteiger partial charge in [-0.25, -0.2) is 9.78 Å². The van der Waals surface area contributed by atoms with Crippen molar-refractivity contribution in [2.45, 2.75) is 0 Å². The molecule has 0 fully saturated rings. The second-order valence-corrected chi connectivity index (χ2v) is 3.86. The molecule has 0 aliphatic heterocycles. The van der Waals surface area contributed by atoms with Crippen LogP contribution < -0.4 is 16.4 Å². The molecular formula is C6H9BrN4OS. The van der Waals surface area contributed by atoms with E-state index in [-0.39, 0.29) is 0 Å². The van der Waals surface area contributed by atoms with Crippen molar-refractivity contribution in [3.05, 3.63) is 9.98 Å². The molecule has 7 heteroatoms. The number of anilines is 1. The van der Waals surface area contributed by atoms with Crippen LogP contribution in [0.4, 0.5) is 9.93 Å². The second-order valence-electron chi connectivity index (χ2n) is 2.19. The number of hydrogen-bond acceptors (Lipinski definition) is 4. The predicted octanol–water partition coefficient (Wildman–Crippen LogP) is 0.986. The number of rotatable bonds is 4. The molecular weight excluding hydrogens is 256 g/mol. The number of hydrogen-bond donors (Lipinski definition) is 3. The molecule has 1 aromatic rings. The van der Waals surface area contributed by atoms with Gasteiger partial charge in [0.15, 0.2) is 5.13 Å². The number of urea groups is 1. The lowest BCUT2D eigenvalue weighted by molar-refractivity contribution is 0.249. The summed E-state index contributed by atoms with van der Waals surface area (Å²) in [4.78, 5) is 14.4. The second kappa shape index (κ2) is 5.03. The highest BCUT2D eigenvalue weighted by Gasteiger charge is 1.97. The van der Waals surface area contributed by atoms with Crippen LogP contribution in [0.1, 0.15) is 0 Å². The molecule has 0 bridgehead atoms. The first-order valence-electron chi connectivity index (χ1n) is 3.56. The van der Waals surface area contributed by atoms with Crippen molar-refractivity contribution in [1.29, 1.82) is 0 Å². The fraction of sp³-hybridized carbons (Fsp3) is 0.333. The van der Waals surface area contributed by atoms with Gasteiger partial charge < -0.3 is 16.4 Å². The van der Waals surface area contributed by atoms with Crippen LogP contribution in [0.15, 0.2) is 9.98 Å². The van der Waals surface area contributed by atoms with Crippen LogP contribution in [-0.4, -0.2) is 24.1 Å². The van der Waals surface area contributed by atoms with Gasteiger partial charge in [-0.3, -0.25) is 0 Å². The minimum absolute atomic E-state index is 0.493. The molecule has 2 amide bonds. The average Bonchev–Trinajstić information content (AvgIpc) is 2.45. The standard InChI is InChI=1S/C6H9BrN4OS/c7-4-3-13-6(11-4)10-2-1-9-5(8)12/h3H,1-2H2,(H,10,11)(H3,8,9,12). The van der Waals surface area contributed by atoms with Gasteiger partial charge in [0.05, 0.1) is 0 Å². The van der Waals surface area contributed by atoms with Crippen molar-refractivity contribution in [2.24, 2.45) is 5.73 Å².